The minimum atomic E-state index is 0.681. The summed E-state index contributed by atoms with van der Waals surface area (Å²) >= 11 is 0. The number of nitrogens with one attached hydrogen (secondary N) is 3. The Hall–Kier alpha value is -1.62. The Balaban J connectivity index is 4.58. The van der Waals surface area contributed by atoms with E-state index in [2.05, 4.69) is 45.9 Å². The summed E-state index contributed by atoms with van der Waals surface area (Å²) in [5.41, 5.74) is 2.31. The van der Waals surface area contributed by atoms with Crippen molar-refractivity contribution < 1.29 is 0 Å². The summed E-state index contributed by atoms with van der Waals surface area (Å²) in [6, 6.07) is 0. The lowest BCUT2D eigenvalue weighted by atomic mass is 10.2. The molecule has 5 nitrogen and oxygen atoms in total. The monoisotopic (exact) mass is 293 g/mol. The van der Waals surface area contributed by atoms with Gasteiger partial charge in [0.2, 0.25) is 0 Å². The smallest absolute Gasteiger partial charge is 0.108 e. The Morgan fingerprint density at radius 3 is 2.19 bits per heavy atom. The van der Waals surface area contributed by atoms with Crippen LogP contribution < -0.4 is 16.0 Å². The van der Waals surface area contributed by atoms with Crippen LogP contribution in [0.2, 0.25) is 0 Å². The first-order valence-corrected chi connectivity index (χ1v) is 7.46. The molecule has 0 aromatic heterocycles. The van der Waals surface area contributed by atoms with Crippen molar-refractivity contribution in [3.63, 3.8) is 0 Å². The molecule has 3 N–H and O–H groups in total. The molecule has 0 spiro atoms. The maximum absolute atomic E-state index is 4.33. The summed E-state index contributed by atoms with van der Waals surface area (Å²) in [6.07, 6.45) is 5.83. The molecule has 0 unspecified atom stereocenters. The van der Waals surface area contributed by atoms with Gasteiger partial charge in [0.05, 0.1) is 6.42 Å². The first-order chi connectivity index (χ1) is 10.1. The van der Waals surface area contributed by atoms with Crippen molar-refractivity contribution in [2.45, 2.75) is 33.6 Å². The van der Waals surface area contributed by atoms with Crippen LogP contribution in [0.5, 0.6) is 0 Å². The van der Waals surface area contributed by atoms with Crippen LogP contribution in [0.1, 0.15) is 33.6 Å². The minimum Gasteiger partial charge on any atom is -0.373 e. The summed E-state index contributed by atoms with van der Waals surface area (Å²) in [7, 11) is 5.57. The van der Waals surface area contributed by atoms with Crippen LogP contribution in [0.3, 0.4) is 0 Å². The number of rotatable bonds is 8. The fourth-order valence-corrected chi connectivity index (χ4v) is 1.71. The van der Waals surface area contributed by atoms with Crippen LogP contribution in [-0.4, -0.2) is 45.9 Å². The van der Waals surface area contributed by atoms with Crippen LogP contribution in [0.25, 0.3) is 0 Å². The van der Waals surface area contributed by atoms with Gasteiger partial charge < -0.3 is 16.0 Å². The van der Waals surface area contributed by atoms with Gasteiger partial charge in [-0.15, -0.1) is 0 Å². The molecule has 0 aromatic rings. The van der Waals surface area contributed by atoms with Crippen LogP contribution in [0.4, 0.5) is 0 Å². The third kappa shape index (κ3) is 9.02. The van der Waals surface area contributed by atoms with E-state index in [-0.39, 0.29) is 0 Å². The average molecular weight is 293 g/mol. The number of hydrogen-bond donors (Lipinski definition) is 3. The number of nitrogens with zero attached hydrogens (tertiary/aromatic N) is 2. The molecule has 0 radical (unpaired) electrons. The fraction of sp³-hybridized carbons (Fsp3) is 0.625. The lowest BCUT2D eigenvalue weighted by Crippen LogP contribution is -2.33. The third-order valence-corrected chi connectivity index (χ3v) is 2.96. The van der Waals surface area contributed by atoms with Gasteiger partial charge in [-0.05, 0) is 46.9 Å². The zero-order valence-electron chi connectivity index (χ0n) is 14.4. The molecule has 120 valence electrons. The van der Waals surface area contributed by atoms with Gasteiger partial charge in [-0.3, -0.25) is 9.98 Å². The molecule has 0 aliphatic rings. The first-order valence-electron chi connectivity index (χ1n) is 7.46. The highest BCUT2D eigenvalue weighted by atomic mass is 15.0. The molecule has 0 heterocycles. The molecule has 0 saturated heterocycles. The first kappa shape index (κ1) is 19.4. The van der Waals surface area contributed by atoms with Crippen LogP contribution in [0, 0.1) is 0 Å². The van der Waals surface area contributed by atoms with E-state index in [0.29, 0.717) is 6.42 Å². The molecule has 0 bridgehead atoms. The van der Waals surface area contributed by atoms with Crippen molar-refractivity contribution in [1.29, 1.82) is 0 Å². The number of amidine groups is 2. The fourth-order valence-electron chi connectivity index (χ4n) is 1.71. The molecule has 0 aliphatic carbocycles. The zero-order chi connectivity index (χ0) is 16.1. The minimum absolute atomic E-state index is 0.681. The molecule has 21 heavy (non-hydrogen) atoms. The second kappa shape index (κ2) is 12.1. The third-order valence-electron chi connectivity index (χ3n) is 2.96. The molecule has 0 aromatic carbocycles. The molecule has 0 saturated carbocycles. The number of hydrogen-bond acceptors (Lipinski definition) is 3. The standard InChI is InChI=1S/C16H31N5/c1-7-9-14(13(2)3)21-16(19-6)12-15(18-5)20-11-8-10-17-4/h7,9,17H,8,10-12H2,1-6H3,(H,18,20)(H,19,21)/b9-7-. The van der Waals surface area contributed by atoms with E-state index < -0.39 is 0 Å². The van der Waals surface area contributed by atoms with Gasteiger partial charge in [-0.25, -0.2) is 0 Å². The maximum Gasteiger partial charge on any atom is 0.108 e. The van der Waals surface area contributed by atoms with Crippen molar-refractivity contribution in [2.75, 3.05) is 34.2 Å². The highest BCUT2D eigenvalue weighted by Crippen LogP contribution is 2.02. The molecular formula is C16H31N5. The molecule has 0 amide bonds. The van der Waals surface area contributed by atoms with Crippen molar-refractivity contribution in [3.05, 3.63) is 23.4 Å². The van der Waals surface area contributed by atoms with Gasteiger partial charge in [-0.2, -0.15) is 0 Å². The van der Waals surface area contributed by atoms with E-state index in [4.69, 9.17) is 0 Å². The van der Waals surface area contributed by atoms with Gasteiger partial charge in [0.25, 0.3) is 0 Å². The van der Waals surface area contributed by atoms with Crippen molar-refractivity contribution in [3.8, 4) is 0 Å². The Labute approximate surface area is 129 Å². The summed E-state index contributed by atoms with van der Waals surface area (Å²) in [6.45, 7) is 8.09. The van der Waals surface area contributed by atoms with Gasteiger partial charge in [-0.1, -0.05) is 11.6 Å². The molecule has 0 atom stereocenters. The summed E-state index contributed by atoms with van der Waals surface area (Å²) < 4.78 is 0. The summed E-state index contributed by atoms with van der Waals surface area (Å²) in [4.78, 5) is 8.63. The van der Waals surface area contributed by atoms with E-state index in [1.807, 2.05) is 20.0 Å². The predicted molar refractivity (Wildman–Crippen MR) is 94.2 cm³/mol. The summed E-state index contributed by atoms with van der Waals surface area (Å²) in [5, 5.41) is 9.87. The Kier molecular flexibility index (Phi) is 11.2. The van der Waals surface area contributed by atoms with Gasteiger partial charge in [0, 0.05) is 26.3 Å². The Morgan fingerprint density at radius 2 is 1.71 bits per heavy atom. The second-order valence-corrected chi connectivity index (χ2v) is 4.94. The van der Waals surface area contributed by atoms with Crippen molar-refractivity contribution in [2.24, 2.45) is 9.98 Å². The molecule has 0 rings (SSSR count). The van der Waals surface area contributed by atoms with Crippen LogP contribution in [0.15, 0.2) is 33.4 Å². The highest BCUT2D eigenvalue weighted by Gasteiger charge is 2.06. The van der Waals surface area contributed by atoms with E-state index in [0.717, 1.165) is 36.9 Å². The van der Waals surface area contributed by atoms with E-state index in [9.17, 15) is 0 Å². The zero-order valence-corrected chi connectivity index (χ0v) is 14.4. The molecule has 5 heteroatoms. The van der Waals surface area contributed by atoms with Gasteiger partial charge >= 0.3 is 0 Å². The maximum atomic E-state index is 4.33. The van der Waals surface area contributed by atoms with Crippen LogP contribution >= 0.6 is 0 Å². The van der Waals surface area contributed by atoms with Crippen molar-refractivity contribution in [1.82, 2.24) is 16.0 Å². The average Bonchev–Trinajstić information content (AvgIpc) is 2.48. The quantitative estimate of drug-likeness (QED) is 0.278. The van der Waals surface area contributed by atoms with Crippen molar-refractivity contribution >= 4 is 11.7 Å². The normalized spacial score (nSPS) is 12.7. The molecule has 0 fully saturated rings. The highest BCUT2D eigenvalue weighted by molar-refractivity contribution is 6.03. The Bertz CT molecular complexity index is 401. The van der Waals surface area contributed by atoms with E-state index in [1.54, 1.807) is 14.1 Å². The SMILES string of the molecule is C/C=C\C(NC(CC(=NC)NCCCNC)=NC)=C(C)C. The van der Waals surface area contributed by atoms with E-state index in [1.165, 1.54) is 5.57 Å². The largest absolute Gasteiger partial charge is 0.373 e. The lowest BCUT2D eigenvalue weighted by Gasteiger charge is -2.14. The van der Waals surface area contributed by atoms with Gasteiger partial charge in [0.1, 0.15) is 11.7 Å². The molecular weight excluding hydrogens is 262 g/mol. The second-order valence-electron chi connectivity index (χ2n) is 4.94. The number of aliphatic imine (C=N–C) groups is 2. The van der Waals surface area contributed by atoms with Crippen LogP contribution in [-0.2, 0) is 0 Å². The summed E-state index contributed by atoms with van der Waals surface area (Å²) in [5.74, 6) is 1.86. The molecule has 0 aliphatic heterocycles. The number of allylic oxidation sites excluding steroid dienone is 3. The van der Waals surface area contributed by atoms with Gasteiger partial charge in [0.15, 0.2) is 0 Å². The lowest BCUT2D eigenvalue weighted by molar-refractivity contribution is 0.701. The Morgan fingerprint density at radius 1 is 1.05 bits per heavy atom. The van der Waals surface area contributed by atoms with E-state index >= 15 is 0 Å². The topological polar surface area (TPSA) is 60.8 Å². The predicted octanol–water partition coefficient (Wildman–Crippen LogP) is 2.09.